The van der Waals surface area contributed by atoms with E-state index in [9.17, 15) is 24.0 Å². The summed E-state index contributed by atoms with van der Waals surface area (Å²) in [6.45, 7) is 15.5. The van der Waals surface area contributed by atoms with Gasteiger partial charge < -0.3 is 38.2 Å². The van der Waals surface area contributed by atoms with Crippen molar-refractivity contribution in [2.45, 2.75) is 148 Å². The Hall–Kier alpha value is -3.30. The molecule has 0 aliphatic carbocycles. The van der Waals surface area contributed by atoms with Crippen LogP contribution in [-0.4, -0.2) is 128 Å². The van der Waals surface area contributed by atoms with E-state index < -0.39 is 89.3 Å². The molecule has 0 bridgehead atoms. The number of ether oxygens (including phenoxy) is 6. The van der Waals surface area contributed by atoms with Crippen LogP contribution in [0, 0.1) is 23.7 Å². The minimum atomic E-state index is -1.43. The quantitative estimate of drug-likeness (QED) is 0.0530. The first-order valence-electron chi connectivity index (χ1n) is 18.8. The lowest BCUT2D eigenvalue weighted by Gasteiger charge is -2.47. The number of methoxy groups -OCH3 is 1. The average Bonchev–Trinajstić information content (AvgIpc) is 3.36. The molecule has 3 fully saturated rings. The SMILES string of the molecule is CC[C@@H]1OC(=O)[C@H](C)C(=O)[C@H](C)[C@@H](OC2OC(C)CC(N(C)C)C2OC(C)=O)C(C)(OC)C[C@@H](C)C(=O)[C@H](C)[C@H]2N(CCCCN=[N+]=[N-])C(=O)O[C@]12C. The van der Waals surface area contributed by atoms with Crippen molar-refractivity contribution in [1.82, 2.24) is 9.80 Å². The number of fused-ring (bicyclic) bond motifs is 1. The summed E-state index contributed by atoms with van der Waals surface area (Å²) < 4.78 is 37.0. The van der Waals surface area contributed by atoms with Crippen molar-refractivity contribution in [1.29, 1.82) is 0 Å². The highest BCUT2D eigenvalue weighted by atomic mass is 16.7. The average molecular weight is 752 g/mol. The normalized spacial score (nSPS) is 38.7. The monoisotopic (exact) mass is 751 g/mol. The number of nitrogens with zero attached hydrogens (tertiary/aromatic N) is 5. The number of esters is 2. The van der Waals surface area contributed by atoms with Gasteiger partial charge in [-0.3, -0.25) is 19.2 Å². The van der Waals surface area contributed by atoms with Crippen molar-refractivity contribution in [2.24, 2.45) is 28.8 Å². The first-order chi connectivity index (χ1) is 24.8. The van der Waals surface area contributed by atoms with E-state index in [-0.39, 0.29) is 43.9 Å². The number of carbonyl (C=O) groups is 5. The molecule has 13 atom stereocenters. The highest BCUT2D eigenvalue weighted by Crippen LogP contribution is 2.43. The molecule has 0 spiro atoms. The van der Waals surface area contributed by atoms with E-state index in [2.05, 4.69) is 10.0 Å². The van der Waals surface area contributed by atoms with Crippen molar-refractivity contribution in [2.75, 3.05) is 34.3 Å². The Morgan fingerprint density at radius 1 is 1.06 bits per heavy atom. The standard InChI is InChI=1S/C37H61N5O11/c1-13-27-37(9)31(42(35(47)53-37)17-15-14-16-39-40-38)22(4)28(44)20(2)19-36(8,48-12)32(23(5)29(45)24(6)33(46)51-27)52-34-30(50-25(7)43)26(41(10)11)18-21(3)49-34/h20-24,26-27,30-32,34H,13-19H2,1-12H3/t20-,21?,22+,23+,24-,26?,27+,30?,31-,32-,34?,36?,37-/m1/s1. The van der Waals surface area contributed by atoms with E-state index in [1.807, 2.05) is 25.9 Å². The smallest absolute Gasteiger partial charge is 0.410 e. The third-order valence-electron chi connectivity index (χ3n) is 11.4. The number of cyclic esters (lactones) is 1. The minimum absolute atomic E-state index is 0.0903. The van der Waals surface area contributed by atoms with E-state index in [0.717, 1.165) is 0 Å². The van der Waals surface area contributed by atoms with Gasteiger partial charge in [0.15, 0.2) is 23.8 Å². The van der Waals surface area contributed by atoms with E-state index in [1.54, 1.807) is 41.5 Å². The Bertz CT molecular complexity index is 1390. The van der Waals surface area contributed by atoms with Crippen LogP contribution in [-0.2, 0) is 47.6 Å². The second-order valence-corrected chi connectivity index (χ2v) is 15.6. The summed E-state index contributed by atoms with van der Waals surface area (Å²) in [6, 6.07) is -1.11. The van der Waals surface area contributed by atoms with Gasteiger partial charge in [0.05, 0.1) is 29.9 Å². The summed E-state index contributed by atoms with van der Waals surface area (Å²) in [5.74, 6) is -5.74. The molecule has 3 heterocycles. The van der Waals surface area contributed by atoms with Crippen molar-refractivity contribution in [3.05, 3.63) is 10.4 Å². The van der Waals surface area contributed by atoms with Crippen LogP contribution in [0.15, 0.2) is 5.11 Å². The molecular weight excluding hydrogens is 690 g/mol. The zero-order valence-electron chi connectivity index (χ0n) is 33.5. The summed E-state index contributed by atoms with van der Waals surface area (Å²) in [4.78, 5) is 74.8. The molecule has 5 unspecified atom stereocenters. The molecule has 3 aliphatic heterocycles. The summed E-state index contributed by atoms with van der Waals surface area (Å²) in [5.41, 5.74) is 5.94. The number of unbranched alkanes of at least 4 members (excludes halogenated alkanes) is 1. The molecule has 0 radical (unpaired) electrons. The van der Waals surface area contributed by atoms with Gasteiger partial charge in [0.25, 0.3) is 0 Å². The Kier molecular flexibility index (Phi) is 15.3. The highest BCUT2D eigenvalue weighted by molar-refractivity contribution is 6.00. The molecule has 0 saturated carbocycles. The lowest BCUT2D eigenvalue weighted by molar-refractivity contribution is -0.298. The van der Waals surface area contributed by atoms with Gasteiger partial charge in [0, 0.05) is 49.8 Å². The molecule has 0 N–H and O–H groups in total. The van der Waals surface area contributed by atoms with Crippen LogP contribution < -0.4 is 0 Å². The lowest BCUT2D eigenvalue weighted by atomic mass is 9.73. The van der Waals surface area contributed by atoms with Gasteiger partial charge in [-0.25, -0.2) is 4.79 Å². The largest absolute Gasteiger partial charge is 0.458 e. The molecule has 53 heavy (non-hydrogen) atoms. The summed E-state index contributed by atoms with van der Waals surface area (Å²) in [7, 11) is 5.20. The third-order valence-corrected chi connectivity index (χ3v) is 11.4. The first-order valence-corrected chi connectivity index (χ1v) is 18.8. The predicted octanol–water partition coefficient (Wildman–Crippen LogP) is 4.85. The molecule has 1 amide bonds. The lowest BCUT2D eigenvalue weighted by Crippen LogP contribution is -2.61. The molecule has 3 aliphatic rings. The van der Waals surface area contributed by atoms with E-state index in [0.29, 0.717) is 19.3 Å². The predicted molar refractivity (Wildman–Crippen MR) is 192 cm³/mol. The van der Waals surface area contributed by atoms with Gasteiger partial charge in [-0.2, -0.15) is 0 Å². The molecule has 3 saturated heterocycles. The summed E-state index contributed by atoms with van der Waals surface area (Å²) >= 11 is 0. The van der Waals surface area contributed by atoms with Crippen LogP contribution in [0.5, 0.6) is 0 Å². The van der Waals surface area contributed by atoms with Crippen LogP contribution in [0.4, 0.5) is 4.79 Å². The van der Waals surface area contributed by atoms with Crippen molar-refractivity contribution in [3.8, 4) is 0 Å². The topological polar surface area (TPSA) is 196 Å². The maximum absolute atomic E-state index is 14.6. The zero-order chi connectivity index (χ0) is 40.0. The highest BCUT2D eigenvalue weighted by Gasteiger charge is 2.60. The molecule has 300 valence electrons. The van der Waals surface area contributed by atoms with E-state index >= 15 is 0 Å². The Labute approximate surface area is 313 Å². The van der Waals surface area contributed by atoms with Crippen LogP contribution in [0.3, 0.4) is 0 Å². The maximum Gasteiger partial charge on any atom is 0.410 e. The van der Waals surface area contributed by atoms with Crippen LogP contribution in [0.25, 0.3) is 10.4 Å². The van der Waals surface area contributed by atoms with Gasteiger partial charge in [0.1, 0.15) is 17.8 Å². The fraction of sp³-hybridized carbons (Fsp3) is 0.865. The van der Waals surface area contributed by atoms with Gasteiger partial charge in [-0.05, 0) is 79.4 Å². The maximum atomic E-state index is 14.6. The third kappa shape index (κ3) is 9.69. The van der Waals surface area contributed by atoms with E-state index in [1.165, 1.54) is 25.9 Å². The summed E-state index contributed by atoms with van der Waals surface area (Å²) in [6.07, 6.45) is -3.15. The number of hydrogen-bond acceptors (Lipinski definition) is 13. The number of rotatable bonds is 11. The van der Waals surface area contributed by atoms with Gasteiger partial charge in [-0.15, -0.1) is 0 Å². The molecule has 16 heteroatoms. The van der Waals surface area contributed by atoms with Gasteiger partial charge in [-0.1, -0.05) is 32.8 Å². The Morgan fingerprint density at radius 3 is 2.28 bits per heavy atom. The number of carbonyl (C=O) groups excluding carboxylic acids is 5. The fourth-order valence-corrected chi connectivity index (χ4v) is 8.52. The van der Waals surface area contributed by atoms with Gasteiger partial charge >= 0.3 is 18.0 Å². The fourth-order valence-electron chi connectivity index (χ4n) is 8.52. The van der Waals surface area contributed by atoms with Crippen LogP contribution in [0.1, 0.15) is 94.4 Å². The first kappa shape index (κ1) is 44.1. The number of azide groups is 1. The second-order valence-electron chi connectivity index (χ2n) is 15.6. The summed E-state index contributed by atoms with van der Waals surface area (Å²) in [5, 5.41) is 3.57. The number of likely N-dealkylation sites (N-methyl/N-ethyl adjacent to an activating group) is 1. The number of Topliss-reactive ketones (excluding diaryl/α,β-unsaturated/α-hetero) is 2. The van der Waals surface area contributed by atoms with Crippen molar-refractivity contribution in [3.63, 3.8) is 0 Å². The van der Waals surface area contributed by atoms with Crippen molar-refractivity contribution < 1.29 is 52.4 Å². The zero-order valence-corrected chi connectivity index (χ0v) is 33.5. The van der Waals surface area contributed by atoms with Crippen LogP contribution in [0.2, 0.25) is 0 Å². The second kappa shape index (κ2) is 18.4. The van der Waals surface area contributed by atoms with E-state index in [4.69, 9.17) is 34.0 Å². The van der Waals surface area contributed by atoms with Crippen molar-refractivity contribution >= 4 is 29.6 Å². The minimum Gasteiger partial charge on any atom is -0.458 e. The molecule has 16 nitrogen and oxygen atoms in total. The number of amides is 1. The molecule has 0 aromatic heterocycles. The molecular formula is C37H61N5O11. The Morgan fingerprint density at radius 2 is 1.72 bits per heavy atom. The Balaban J connectivity index is 2.14. The molecule has 3 rings (SSSR count). The van der Waals surface area contributed by atoms with Crippen LogP contribution >= 0.6 is 0 Å². The number of ketones is 2. The van der Waals surface area contributed by atoms with Gasteiger partial charge in [0.2, 0.25) is 0 Å². The number of hydrogen-bond donors (Lipinski definition) is 0. The molecule has 0 aromatic carbocycles. The molecule has 0 aromatic rings.